The van der Waals surface area contributed by atoms with Crippen molar-refractivity contribution in [2.75, 3.05) is 6.54 Å². The van der Waals surface area contributed by atoms with E-state index in [4.69, 9.17) is 5.26 Å². The van der Waals surface area contributed by atoms with E-state index in [1.165, 1.54) is 0 Å². The molecule has 2 heterocycles. The van der Waals surface area contributed by atoms with Crippen molar-refractivity contribution in [1.82, 2.24) is 14.7 Å². The predicted octanol–water partition coefficient (Wildman–Crippen LogP) is 1.98. The van der Waals surface area contributed by atoms with E-state index in [0.717, 1.165) is 31.4 Å². The molecule has 1 atom stereocenters. The maximum atomic E-state index is 12.6. The lowest BCUT2D eigenvalue weighted by molar-refractivity contribution is 0.0658. The molecule has 1 saturated heterocycles. The van der Waals surface area contributed by atoms with Crippen molar-refractivity contribution in [1.29, 1.82) is 5.26 Å². The van der Waals surface area contributed by atoms with E-state index < -0.39 is 0 Å². The van der Waals surface area contributed by atoms with Gasteiger partial charge in [-0.3, -0.25) is 9.48 Å². The average Bonchev–Trinajstić information content (AvgIpc) is 2.89. The summed E-state index contributed by atoms with van der Waals surface area (Å²) in [5.74, 6) is -0.0553. The van der Waals surface area contributed by atoms with E-state index in [-0.39, 0.29) is 11.9 Å². The molecule has 1 amide bonds. The van der Waals surface area contributed by atoms with E-state index in [2.05, 4.69) is 11.2 Å². The number of aromatic nitrogens is 2. The fraction of sp³-hybridized carbons (Fsp3) is 0.643. The highest BCUT2D eigenvalue weighted by atomic mass is 16.2. The Labute approximate surface area is 113 Å². The first-order chi connectivity index (χ1) is 9.21. The maximum Gasteiger partial charge on any atom is 0.273 e. The highest BCUT2D eigenvalue weighted by molar-refractivity contribution is 5.93. The van der Waals surface area contributed by atoms with Crippen LogP contribution < -0.4 is 0 Å². The van der Waals surface area contributed by atoms with Crippen LogP contribution in [0.3, 0.4) is 0 Å². The third-order valence-electron chi connectivity index (χ3n) is 3.62. The standard InChI is InChI=1S/C14H20N4O/c1-3-11-9-13(18(4-2)16-11)14(19)17-8-6-5-7-12(17)10-15/h9,12H,3-8H2,1-2H3. The van der Waals surface area contributed by atoms with Gasteiger partial charge in [0.25, 0.3) is 5.91 Å². The van der Waals surface area contributed by atoms with Crippen LogP contribution in [0.2, 0.25) is 0 Å². The molecule has 0 bridgehead atoms. The summed E-state index contributed by atoms with van der Waals surface area (Å²) in [6.07, 6.45) is 3.60. The van der Waals surface area contributed by atoms with Gasteiger partial charge in [-0.25, -0.2) is 0 Å². The Hall–Kier alpha value is -1.83. The molecule has 1 aliphatic rings. The quantitative estimate of drug-likeness (QED) is 0.835. The number of piperidine rings is 1. The van der Waals surface area contributed by atoms with Crippen LogP contribution in [0.4, 0.5) is 0 Å². The molecule has 5 nitrogen and oxygen atoms in total. The van der Waals surface area contributed by atoms with Gasteiger partial charge in [0.15, 0.2) is 0 Å². The second-order valence-corrected chi connectivity index (χ2v) is 4.83. The molecule has 0 aromatic carbocycles. The lowest BCUT2D eigenvalue weighted by atomic mass is 10.0. The summed E-state index contributed by atoms with van der Waals surface area (Å²) in [4.78, 5) is 14.3. The number of rotatable bonds is 3. The largest absolute Gasteiger partial charge is 0.321 e. The summed E-state index contributed by atoms with van der Waals surface area (Å²) in [7, 11) is 0. The number of likely N-dealkylation sites (tertiary alicyclic amines) is 1. The smallest absolute Gasteiger partial charge is 0.273 e. The molecule has 0 aliphatic carbocycles. The second-order valence-electron chi connectivity index (χ2n) is 4.83. The normalized spacial score (nSPS) is 19.2. The summed E-state index contributed by atoms with van der Waals surface area (Å²) in [5, 5.41) is 13.6. The van der Waals surface area contributed by atoms with E-state index in [1.807, 2.05) is 19.9 Å². The Morgan fingerprint density at radius 3 is 2.95 bits per heavy atom. The summed E-state index contributed by atoms with van der Waals surface area (Å²) >= 11 is 0. The number of aryl methyl sites for hydroxylation is 2. The molecule has 1 aromatic heterocycles. The summed E-state index contributed by atoms with van der Waals surface area (Å²) < 4.78 is 1.74. The molecule has 1 aromatic rings. The second kappa shape index (κ2) is 5.87. The molecule has 0 radical (unpaired) electrons. The van der Waals surface area contributed by atoms with Gasteiger partial charge in [0.1, 0.15) is 11.7 Å². The molecule has 5 heteroatoms. The first-order valence-electron chi connectivity index (χ1n) is 6.98. The molecule has 0 N–H and O–H groups in total. The predicted molar refractivity (Wildman–Crippen MR) is 71.6 cm³/mol. The molecular weight excluding hydrogens is 240 g/mol. The van der Waals surface area contributed by atoms with Gasteiger partial charge in [-0.1, -0.05) is 6.92 Å². The first kappa shape index (κ1) is 13.6. The van der Waals surface area contributed by atoms with Gasteiger partial charge >= 0.3 is 0 Å². The molecule has 1 aliphatic heterocycles. The van der Waals surface area contributed by atoms with Gasteiger partial charge in [-0.2, -0.15) is 10.4 Å². The fourth-order valence-electron chi connectivity index (χ4n) is 2.51. The molecule has 1 fully saturated rings. The average molecular weight is 260 g/mol. The van der Waals surface area contributed by atoms with Crippen molar-refractivity contribution >= 4 is 5.91 Å². The molecule has 19 heavy (non-hydrogen) atoms. The minimum Gasteiger partial charge on any atom is -0.321 e. The molecule has 0 spiro atoms. The van der Waals surface area contributed by atoms with Crippen molar-refractivity contribution in [2.24, 2.45) is 0 Å². The molecule has 0 saturated carbocycles. The topological polar surface area (TPSA) is 61.9 Å². The van der Waals surface area contributed by atoms with E-state index in [1.54, 1.807) is 9.58 Å². The third-order valence-corrected chi connectivity index (χ3v) is 3.62. The maximum absolute atomic E-state index is 12.6. The number of hydrogen-bond donors (Lipinski definition) is 0. The van der Waals surface area contributed by atoms with Gasteiger partial charge in [-0.15, -0.1) is 0 Å². The Bertz CT molecular complexity index is 500. The lowest BCUT2D eigenvalue weighted by Crippen LogP contribution is -2.43. The number of carbonyl (C=O) groups excluding carboxylic acids is 1. The van der Waals surface area contributed by atoms with Crippen molar-refractivity contribution in [3.8, 4) is 6.07 Å². The van der Waals surface area contributed by atoms with Gasteiger partial charge in [0.2, 0.25) is 0 Å². The lowest BCUT2D eigenvalue weighted by Gasteiger charge is -2.31. The highest BCUT2D eigenvalue weighted by Crippen LogP contribution is 2.19. The van der Waals surface area contributed by atoms with E-state index >= 15 is 0 Å². The van der Waals surface area contributed by atoms with Crippen molar-refractivity contribution in [3.63, 3.8) is 0 Å². The van der Waals surface area contributed by atoms with Crippen LogP contribution in [0.5, 0.6) is 0 Å². The number of nitrogens with zero attached hydrogens (tertiary/aromatic N) is 4. The van der Waals surface area contributed by atoms with Crippen LogP contribution in [-0.2, 0) is 13.0 Å². The number of hydrogen-bond acceptors (Lipinski definition) is 3. The van der Waals surface area contributed by atoms with Gasteiger partial charge in [0, 0.05) is 13.1 Å². The van der Waals surface area contributed by atoms with Crippen LogP contribution in [0.25, 0.3) is 0 Å². The van der Waals surface area contributed by atoms with Crippen LogP contribution in [0.15, 0.2) is 6.07 Å². The zero-order valence-corrected chi connectivity index (χ0v) is 11.6. The van der Waals surface area contributed by atoms with Crippen LogP contribution >= 0.6 is 0 Å². The third kappa shape index (κ3) is 2.62. The van der Waals surface area contributed by atoms with Crippen molar-refractivity contribution in [2.45, 2.75) is 52.1 Å². The minimum atomic E-state index is -0.286. The monoisotopic (exact) mass is 260 g/mol. The zero-order valence-electron chi connectivity index (χ0n) is 11.6. The zero-order chi connectivity index (χ0) is 13.8. The Morgan fingerprint density at radius 2 is 2.32 bits per heavy atom. The van der Waals surface area contributed by atoms with Crippen molar-refractivity contribution < 1.29 is 4.79 Å². The van der Waals surface area contributed by atoms with Crippen LogP contribution in [-0.4, -0.2) is 33.2 Å². The SMILES string of the molecule is CCc1cc(C(=O)N2CCCCC2C#N)n(CC)n1. The van der Waals surface area contributed by atoms with E-state index in [9.17, 15) is 4.79 Å². The number of amides is 1. The van der Waals surface area contributed by atoms with E-state index in [0.29, 0.717) is 18.8 Å². The van der Waals surface area contributed by atoms with Gasteiger partial charge < -0.3 is 4.90 Å². The number of carbonyl (C=O) groups is 1. The Morgan fingerprint density at radius 1 is 1.53 bits per heavy atom. The minimum absolute atomic E-state index is 0.0553. The molecule has 2 rings (SSSR count). The number of nitriles is 1. The summed E-state index contributed by atoms with van der Waals surface area (Å²) in [6.45, 7) is 5.34. The molecule has 1 unspecified atom stereocenters. The first-order valence-corrected chi connectivity index (χ1v) is 6.98. The summed E-state index contributed by atoms with van der Waals surface area (Å²) in [6, 6.07) is 3.81. The molecule has 102 valence electrons. The van der Waals surface area contributed by atoms with Crippen LogP contribution in [0, 0.1) is 11.3 Å². The Kier molecular flexibility index (Phi) is 4.20. The van der Waals surface area contributed by atoms with Gasteiger partial charge in [-0.05, 0) is 38.7 Å². The molecular formula is C14H20N4O. The van der Waals surface area contributed by atoms with Gasteiger partial charge in [0.05, 0.1) is 11.8 Å². The Balaban J connectivity index is 2.27. The summed E-state index contributed by atoms with van der Waals surface area (Å²) in [5.41, 5.74) is 1.54. The fourth-order valence-corrected chi connectivity index (χ4v) is 2.51. The highest BCUT2D eigenvalue weighted by Gasteiger charge is 2.29. The van der Waals surface area contributed by atoms with Crippen LogP contribution in [0.1, 0.15) is 49.3 Å². The van der Waals surface area contributed by atoms with Crippen molar-refractivity contribution in [3.05, 3.63) is 17.5 Å².